The summed E-state index contributed by atoms with van der Waals surface area (Å²) in [5.41, 5.74) is 0.551. The number of nitrogens with zero attached hydrogens (tertiary/aromatic N) is 2. The van der Waals surface area contributed by atoms with Crippen molar-refractivity contribution in [3.8, 4) is 5.75 Å². The van der Waals surface area contributed by atoms with Crippen LogP contribution in [0.5, 0.6) is 5.75 Å². The minimum absolute atomic E-state index is 0. The number of ether oxygens (including phenoxy) is 1. The number of hydrogen-bond donors (Lipinski definition) is 2. The Balaban J connectivity index is 0.00000364. The Morgan fingerprint density at radius 3 is 2.67 bits per heavy atom. The molecular formula is C18H28ClF2IN4O. The fourth-order valence-electron chi connectivity index (χ4n) is 2.97. The van der Waals surface area contributed by atoms with Crippen LogP contribution in [0.15, 0.2) is 23.2 Å². The summed E-state index contributed by atoms with van der Waals surface area (Å²) in [6.07, 6.45) is 4.82. The highest BCUT2D eigenvalue weighted by atomic mass is 127. The standard InChI is InChI=1S/C18H27ClF2N4O.HI/c1-22-18(23-8-2-3-9-25-10-4-5-11-25)24-13-14-12-15(19)6-7-16(14)26-17(20)21;/h6-7,12,17H,2-5,8-11,13H2,1H3,(H2,22,23,24);1H. The fourth-order valence-corrected chi connectivity index (χ4v) is 3.16. The molecule has 1 heterocycles. The maximum atomic E-state index is 12.5. The van der Waals surface area contributed by atoms with E-state index in [-0.39, 0.29) is 36.3 Å². The molecule has 9 heteroatoms. The molecule has 0 bridgehead atoms. The molecule has 1 aliphatic heterocycles. The zero-order valence-corrected chi connectivity index (χ0v) is 18.6. The predicted molar refractivity (Wildman–Crippen MR) is 117 cm³/mol. The van der Waals surface area contributed by atoms with E-state index in [2.05, 4.69) is 25.3 Å². The summed E-state index contributed by atoms with van der Waals surface area (Å²) in [6, 6.07) is 4.58. The summed E-state index contributed by atoms with van der Waals surface area (Å²) >= 11 is 5.95. The molecule has 0 radical (unpaired) electrons. The van der Waals surface area contributed by atoms with Crippen LogP contribution in [-0.4, -0.2) is 50.7 Å². The first-order chi connectivity index (χ1) is 12.6. The number of alkyl halides is 2. The van der Waals surface area contributed by atoms with Crippen molar-refractivity contribution in [2.75, 3.05) is 33.2 Å². The Labute approximate surface area is 181 Å². The Hall–Kier alpha value is -0.870. The average molecular weight is 517 g/mol. The topological polar surface area (TPSA) is 48.9 Å². The van der Waals surface area contributed by atoms with Crippen LogP contribution >= 0.6 is 35.6 Å². The second-order valence-corrected chi connectivity index (χ2v) is 6.68. The number of aliphatic imine (C=N–C) groups is 1. The molecule has 1 aliphatic rings. The summed E-state index contributed by atoms with van der Waals surface area (Å²) in [7, 11) is 1.67. The molecule has 27 heavy (non-hydrogen) atoms. The highest BCUT2D eigenvalue weighted by Gasteiger charge is 2.12. The van der Waals surface area contributed by atoms with Crippen molar-refractivity contribution in [2.24, 2.45) is 4.99 Å². The van der Waals surface area contributed by atoms with Gasteiger partial charge < -0.3 is 20.3 Å². The van der Waals surface area contributed by atoms with E-state index < -0.39 is 6.61 Å². The largest absolute Gasteiger partial charge is 0.434 e. The van der Waals surface area contributed by atoms with Crippen LogP contribution < -0.4 is 15.4 Å². The van der Waals surface area contributed by atoms with Crippen LogP contribution in [0.2, 0.25) is 5.02 Å². The van der Waals surface area contributed by atoms with Crippen LogP contribution in [-0.2, 0) is 6.54 Å². The summed E-state index contributed by atoms with van der Waals surface area (Å²) in [5, 5.41) is 6.81. The third-order valence-corrected chi connectivity index (χ3v) is 4.54. The second-order valence-electron chi connectivity index (χ2n) is 6.24. The number of guanidine groups is 1. The van der Waals surface area contributed by atoms with Gasteiger partial charge in [-0.2, -0.15) is 8.78 Å². The number of hydrogen-bond acceptors (Lipinski definition) is 3. The summed E-state index contributed by atoms with van der Waals surface area (Å²) < 4.78 is 29.5. The highest BCUT2D eigenvalue weighted by Crippen LogP contribution is 2.24. The molecule has 0 spiro atoms. The number of halogens is 4. The van der Waals surface area contributed by atoms with Gasteiger partial charge in [-0.1, -0.05) is 11.6 Å². The molecule has 0 saturated carbocycles. The van der Waals surface area contributed by atoms with Crippen molar-refractivity contribution in [1.29, 1.82) is 0 Å². The van der Waals surface area contributed by atoms with Gasteiger partial charge in [0.2, 0.25) is 0 Å². The van der Waals surface area contributed by atoms with Crippen LogP contribution in [0, 0.1) is 0 Å². The van der Waals surface area contributed by atoms with Gasteiger partial charge in [0, 0.05) is 30.7 Å². The van der Waals surface area contributed by atoms with Gasteiger partial charge in [-0.05, 0) is 63.5 Å². The number of nitrogens with one attached hydrogen (secondary N) is 2. The van der Waals surface area contributed by atoms with Crippen LogP contribution in [0.1, 0.15) is 31.2 Å². The van der Waals surface area contributed by atoms with Crippen molar-refractivity contribution >= 4 is 41.5 Å². The van der Waals surface area contributed by atoms with Crippen molar-refractivity contribution in [1.82, 2.24) is 15.5 Å². The maximum absolute atomic E-state index is 12.5. The van der Waals surface area contributed by atoms with Crippen LogP contribution in [0.4, 0.5) is 8.78 Å². The first kappa shape index (κ1) is 24.2. The molecule has 0 atom stereocenters. The minimum Gasteiger partial charge on any atom is -0.434 e. The second kappa shape index (κ2) is 13.3. The lowest BCUT2D eigenvalue weighted by atomic mass is 10.2. The summed E-state index contributed by atoms with van der Waals surface area (Å²) in [6.45, 7) is 1.81. The lowest BCUT2D eigenvalue weighted by molar-refractivity contribution is -0.0504. The van der Waals surface area contributed by atoms with E-state index in [1.165, 1.54) is 38.1 Å². The molecule has 2 rings (SSSR count). The van der Waals surface area contributed by atoms with Gasteiger partial charge in [0.05, 0.1) is 0 Å². The fraction of sp³-hybridized carbons (Fsp3) is 0.611. The van der Waals surface area contributed by atoms with E-state index in [0.717, 1.165) is 25.9 Å². The zero-order chi connectivity index (χ0) is 18.8. The Bertz CT molecular complexity index is 586. The van der Waals surface area contributed by atoms with Gasteiger partial charge in [0.25, 0.3) is 0 Å². The molecule has 0 aliphatic carbocycles. The molecule has 5 nitrogen and oxygen atoms in total. The van der Waals surface area contributed by atoms with Gasteiger partial charge >= 0.3 is 6.61 Å². The van der Waals surface area contributed by atoms with Gasteiger partial charge in [0.1, 0.15) is 5.75 Å². The van der Waals surface area contributed by atoms with Gasteiger partial charge in [-0.3, -0.25) is 4.99 Å². The van der Waals surface area contributed by atoms with E-state index in [1.54, 1.807) is 13.1 Å². The Morgan fingerprint density at radius 1 is 1.26 bits per heavy atom. The predicted octanol–water partition coefficient (Wildman–Crippen LogP) is 4.10. The average Bonchev–Trinajstić information content (AvgIpc) is 3.12. The molecule has 0 unspecified atom stereocenters. The van der Waals surface area contributed by atoms with E-state index >= 15 is 0 Å². The number of unbranched alkanes of at least 4 members (excludes halogenated alkanes) is 1. The number of likely N-dealkylation sites (tertiary alicyclic amines) is 1. The van der Waals surface area contributed by atoms with Gasteiger partial charge in [0.15, 0.2) is 5.96 Å². The molecule has 2 N–H and O–H groups in total. The Kier molecular flexibility index (Phi) is 11.9. The first-order valence-corrected chi connectivity index (χ1v) is 9.36. The third kappa shape index (κ3) is 9.25. The lowest BCUT2D eigenvalue weighted by Crippen LogP contribution is -2.37. The molecule has 1 aromatic rings. The molecule has 1 fully saturated rings. The lowest BCUT2D eigenvalue weighted by Gasteiger charge is -2.16. The van der Waals surface area contributed by atoms with Crippen LogP contribution in [0.3, 0.4) is 0 Å². The first-order valence-electron chi connectivity index (χ1n) is 8.98. The van der Waals surface area contributed by atoms with E-state index in [9.17, 15) is 8.78 Å². The Morgan fingerprint density at radius 2 is 2.00 bits per heavy atom. The van der Waals surface area contributed by atoms with E-state index in [1.807, 2.05) is 0 Å². The van der Waals surface area contributed by atoms with Crippen molar-refractivity contribution in [3.63, 3.8) is 0 Å². The number of rotatable bonds is 9. The number of benzene rings is 1. The van der Waals surface area contributed by atoms with Gasteiger partial charge in [-0.25, -0.2) is 0 Å². The monoisotopic (exact) mass is 516 g/mol. The summed E-state index contributed by atoms with van der Waals surface area (Å²) in [4.78, 5) is 6.65. The molecule has 1 aromatic carbocycles. The zero-order valence-electron chi connectivity index (χ0n) is 15.5. The third-order valence-electron chi connectivity index (χ3n) is 4.30. The highest BCUT2D eigenvalue weighted by molar-refractivity contribution is 14.0. The SMILES string of the molecule is CN=C(NCCCCN1CCCC1)NCc1cc(Cl)ccc1OC(F)F.I. The molecular weight excluding hydrogens is 489 g/mol. The maximum Gasteiger partial charge on any atom is 0.387 e. The molecule has 0 aromatic heterocycles. The normalized spacial score (nSPS) is 14.9. The smallest absolute Gasteiger partial charge is 0.387 e. The van der Waals surface area contributed by atoms with E-state index in [4.69, 9.17) is 11.6 Å². The summed E-state index contributed by atoms with van der Waals surface area (Å²) in [5.74, 6) is 0.729. The van der Waals surface area contributed by atoms with Crippen LogP contribution in [0.25, 0.3) is 0 Å². The molecule has 0 amide bonds. The van der Waals surface area contributed by atoms with Gasteiger partial charge in [-0.15, -0.1) is 24.0 Å². The van der Waals surface area contributed by atoms with Crippen molar-refractivity contribution in [2.45, 2.75) is 38.8 Å². The van der Waals surface area contributed by atoms with Crippen molar-refractivity contribution < 1.29 is 13.5 Å². The molecule has 154 valence electrons. The van der Waals surface area contributed by atoms with E-state index in [0.29, 0.717) is 16.5 Å². The quantitative estimate of drug-likeness (QED) is 0.225. The minimum atomic E-state index is -2.87. The molecule has 1 saturated heterocycles. The van der Waals surface area contributed by atoms with Crippen molar-refractivity contribution in [3.05, 3.63) is 28.8 Å².